The number of nitrogens with two attached hydrogens (primary N) is 1. The van der Waals surface area contributed by atoms with Gasteiger partial charge in [-0.3, -0.25) is 10.4 Å². The summed E-state index contributed by atoms with van der Waals surface area (Å²) in [5.41, 5.74) is 4.77. The molecule has 1 heterocycles. The lowest BCUT2D eigenvalue weighted by atomic mass is 10.2. The van der Waals surface area contributed by atoms with Gasteiger partial charge in [0, 0.05) is 12.3 Å². The summed E-state index contributed by atoms with van der Waals surface area (Å²) >= 11 is 0. The Balaban J connectivity index is 2.18. The lowest BCUT2D eigenvalue weighted by Gasteiger charge is -2.09. The monoisotopic (exact) mass is 281 g/mol. The van der Waals surface area contributed by atoms with Crippen molar-refractivity contribution in [3.8, 4) is 11.5 Å². The molecule has 0 bridgehead atoms. The maximum atomic E-state index is 12.4. The van der Waals surface area contributed by atoms with Crippen molar-refractivity contribution < 1.29 is 17.9 Å². The molecule has 0 unspecified atom stereocenters. The van der Waals surface area contributed by atoms with Crippen LogP contribution in [0.1, 0.15) is 11.3 Å². The van der Waals surface area contributed by atoms with Gasteiger partial charge in [0.1, 0.15) is 23.0 Å². The summed E-state index contributed by atoms with van der Waals surface area (Å²) in [5, 5.41) is 7.24. The van der Waals surface area contributed by atoms with Crippen molar-refractivity contribution in [3.05, 3.63) is 53.9 Å². The number of amidine groups is 1. The van der Waals surface area contributed by atoms with Gasteiger partial charge >= 0.3 is 6.18 Å². The third kappa shape index (κ3) is 3.25. The molecule has 0 radical (unpaired) electrons. The summed E-state index contributed by atoms with van der Waals surface area (Å²) in [6, 6.07) is 7.25. The minimum atomic E-state index is -4.38. The first kappa shape index (κ1) is 13.9. The van der Waals surface area contributed by atoms with E-state index in [1.165, 1.54) is 30.5 Å². The Morgan fingerprint density at radius 2 is 1.75 bits per heavy atom. The maximum Gasteiger partial charge on any atom is 0.416 e. The van der Waals surface area contributed by atoms with E-state index in [9.17, 15) is 13.2 Å². The van der Waals surface area contributed by atoms with Crippen molar-refractivity contribution in [2.24, 2.45) is 5.73 Å². The van der Waals surface area contributed by atoms with Crippen molar-refractivity contribution in [3.63, 3.8) is 0 Å². The zero-order chi connectivity index (χ0) is 14.8. The molecule has 0 atom stereocenters. The molecule has 20 heavy (non-hydrogen) atoms. The zero-order valence-corrected chi connectivity index (χ0v) is 10.1. The van der Waals surface area contributed by atoms with E-state index in [-0.39, 0.29) is 17.3 Å². The van der Waals surface area contributed by atoms with Gasteiger partial charge in [-0.05, 0) is 30.3 Å². The quantitative estimate of drug-likeness (QED) is 0.670. The average Bonchev–Trinajstić information content (AvgIpc) is 2.38. The van der Waals surface area contributed by atoms with Crippen LogP contribution in [0.5, 0.6) is 11.5 Å². The van der Waals surface area contributed by atoms with Crippen LogP contribution in [0.2, 0.25) is 0 Å². The molecule has 0 spiro atoms. The molecular weight excluding hydrogens is 271 g/mol. The first-order valence-electron chi connectivity index (χ1n) is 5.52. The summed E-state index contributed by atoms with van der Waals surface area (Å²) in [7, 11) is 0. The highest BCUT2D eigenvalue weighted by Crippen LogP contribution is 2.31. The molecule has 7 heteroatoms. The molecule has 0 amide bonds. The summed E-state index contributed by atoms with van der Waals surface area (Å²) in [6.07, 6.45) is -2.98. The summed E-state index contributed by atoms with van der Waals surface area (Å²) in [4.78, 5) is 3.85. The highest BCUT2D eigenvalue weighted by atomic mass is 19.4. The second-order valence-electron chi connectivity index (χ2n) is 3.91. The SMILES string of the molecule is N=C(N)c1cc(Oc2ccc(C(F)(F)F)cc2)ccn1. The Labute approximate surface area is 112 Å². The number of halogens is 3. The zero-order valence-electron chi connectivity index (χ0n) is 10.1. The molecule has 2 rings (SSSR count). The Morgan fingerprint density at radius 1 is 1.10 bits per heavy atom. The third-order valence-corrected chi connectivity index (χ3v) is 2.42. The van der Waals surface area contributed by atoms with Crippen LogP contribution in [0.25, 0.3) is 0 Å². The number of hydrogen-bond acceptors (Lipinski definition) is 3. The van der Waals surface area contributed by atoms with Gasteiger partial charge in [0.25, 0.3) is 0 Å². The van der Waals surface area contributed by atoms with Gasteiger partial charge in [-0.15, -0.1) is 0 Å². The van der Waals surface area contributed by atoms with Crippen molar-refractivity contribution in [1.82, 2.24) is 4.98 Å². The van der Waals surface area contributed by atoms with Crippen LogP contribution in [-0.4, -0.2) is 10.8 Å². The standard InChI is InChI=1S/C13H10F3N3O/c14-13(15,16)8-1-3-9(4-2-8)20-10-5-6-19-11(7-10)12(17)18/h1-7H,(H3,17,18). The molecule has 3 N–H and O–H groups in total. The van der Waals surface area contributed by atoms with E-state index in [1.54, 1.807) is 0 Å². The fourth-order valence-electron chi connectivity index (χ4n) is 1.47. The first-order valence-corrected chi connectivity index (χ1v) is 5.52. The normalized spacial score (nSPS) is 11.2. The average molecular weight is 281 g/mol. The number of ether oxygens (including phenoxy) is 1. The number of hydrogen-bond donors (Lipinski definition) is 2. The molecule has 0 aliphatic carbocycles. The predicted molar refractivity (Wildman–Crippen MR) is 66.8 cm³/mol. The molecule has 0 fully saturated rings. The van der Waals surface area contributed by atoms with E-state index < -0.39 is 11.7 Å². The van der Waals surface area contributed by atoms with Crippen LogP contribution >= 0.6 is 0 Å². The van der Waals surface area contributed by atoms with Gasteiger partial charge in [0.2, 0.25) is 0 Å². The highest BCUT2D eigenvalue weighted by molar-refractivity contribution is 5.93. The summed E-state index contributed by atoms with van der Waals surface area (Å²) in [6.45, 7) is 0. The molecule has 0 aliphatic rings. The number of nitrogen functional groups attached to an aromatic ring is 1. The van der Waals surface area contributed by atoms with E-state index in [2.05, 4.69) is 4.98 Å². The fourth-order valence-corrected chi connectivity index (χ4v) is 1.47. The molecule has 2 aromatic rings. The van der Waals surface area contributed by atoms with Crippen molar-refractivity contribution in [2.75, 3.05) is 0 Å². The molecular formula is C13H10F3N3O. The largest absolute Gasteiger partial charge is 0.457 e. The fraction of sp³-hybridized carbons (Fsp3) is 0.0769. The highest BCUT2D eigenvalue weighted by Gasteiger charge is 2.30. The van der Waals surface area contributed by atoms with Gasteiger partial charge in [0.15, 0.2) is 0 Å². The van der Waals surface area contributed by atoms with E-state index in [0.717, 1.165) is 12.1 Å². The van der Waals surface area contributed by atoms with E-state index in [4.69, 9.17) is 15.9 Å². The van der Waals surface area contributed by atoms with Gasteiger partial charge < -0.3 is 10.5 Å². The minimum Gasteiger partial charge on any atom is -0.457 e. The molecule has 0 saturated carbocycles. The molecule has 1 aromatic carbocycles. The molecule has 4 nitrogen and oxygen atoms in total. The van der Waals surface area contributed by atoms with Gasteiger partial charge in [-0.25, -0.2) is 0 Å². The Bertz CT molecular complexity index is 624. The number of aromatic nitrogens is 1. The smallest absolute Gasteiger partial charge is 0.416 e. The van der Waals surface area contributed by atoms with Gasteiger partial charge in [-0.1, -0.05) is 0 Å². The second kappa shape index (κ2) is 5.20. The molecule has 0 aliphatic heterocycles. The number of alkyl halides is 3. The maximum absolute atomic E-state index is 12.4. The Kier molecular flexibility index (Phi) is 3.60. The minimum absolute atomic E-state index is 0.220. The molecule has 0 saturated heterocycles. The summed E-state index contributed by atoms with van der Waals surface area (Å²) < 4.78 is 42.6. The second-order valence-corrected chi connectivity index (χ2v) is 3.91. The van der Waals surface area contributed by atoms with E-state index >= 15 is 0 Å². The first-order chi connectivity index (χ1) is 9.36. The van der Waals surface area contributed by atoms with Crippen molar-refractivity contribution >= 4 is 5.84 Å². The van der Waals surface area contributed by atoms with Gasteiger partial charge in [0.05, 0.1) is 5.56 Å². The van der Waals surface area contributed by atoms with Crippen LogP contribution in [0, 0.1) is 5.41 Å². The van der Waals surface area contributed by atoms with Crippen LogP contribution in [-0.2, 0) is 6.18 Å². The van der Waals surface area contributed by atoms with E-state index in [1.807, 2.05) is 0 Å². The van der Waals surface area contributed by atoms with E-state index in [0.29, 0.717) is 5.75 Å². The number of nitrogens with zero attached hydrogens (tertiary/aromatic N) is 1. The van der Waals surface area contributed by atoms with Crippen molar-refractivity contribution in [1.29, 1.82) is 5.41 Å². The van der Waals surface area contributed by atoms with Crippen molar-refractivity contribution in [2.45, 2.75) is 6.18 Å². The molecule has 1 aromatic heterocycles. The number of nitrogens with one attached hydrogen (secondary N) is 1. The number of rotatable bonds is 3. The van der Waals surface area contributed by atoms with Gasteiger partial charge in [-0.2, -0.15) is 13.2 Å². The lowest BCUT2D eigenvalue weighted by Crippen LogP contribution is -2.12. The predicted octanol–water partition coefficient (Wildman–Crippen LogP) is 3.18. The van der Waals surface area contributed by atoms with Crippen LogP contribution in [0.4, 0.5) is 13.2 Å². The van der Waals surface area contributed by atoms with Crippen LogP contribution < -0.4 is 10.5 Å². The summed E-state index contributed by atoms with van der Waals surface area (Å²) in [5.74, 6) is 0.367. The lowest BCUT2D eigenvalue weighted by molar-refractivity contribution is -0.137. The molecule has 104 valence electrons. The Hall–Kier alpha value is -2.57. The van der Waals surface area contributed by atoms with Crippen LogP contribution in [0.15, 0.2) is 42.6 Å². The third-order valence-electron chi connectivity index (χ3n) is 2.42. The number of benzene rings is 1. The van der Waals surface area contributed by atoms with Crippen LogP contribution in [0.3, 0.4) is 0 Å². The topological polar surface area (TPSA) is 72.0 Å². The Morgan fingerprint density at radius 3 is 2.30 bits per heavy atom. The number of pyridine rings is 1.